The van der Waals surface area contributed by atoms with Gasteiger partial charge < -0.3 is 19.3 Å². The first-order valence-electron chi connectivity index (χ1n) is 7.84. The highest BCUT2D eigenvalue weighted by atomic mass is 16.5. The van der Waals surface area contributed by atoms with Crippen LogP contribution in [-0.4, -0.2) is 75.0 Å². The molecular formula is C16H36N2O2. The summed E-state index contributed by atoms with van der Waals surface area (Å²) in [6.45, 7) is 13.7. The molecule has 0 aromatic carbocycles. The first kappa shape index (κ1) is 19.8. The standard InChI is InChI=1S/C8H17NO.C8H19NO/c1-7(2)10-8-4-5-9(3)6-8;1-7(2)10-8(3)6-9(4)5/h7-8H,4-6H2,1-3H3;7-8H,6H2,1-5H3/t2*8-/m11/s1. The molecule has 0 bridgehead atoms. The van der Waals surface area contributed by atoms with Gasteiger partial charge in [-0.2, -0.15) is 0 Å². The minimum atomic E-state index is 0.343. The third-order valence-corrected chi connectivity index (χ3v) is 2.94. The number of hydrogen-bond donors (Lipinski definition) is 0. The van der Waals surface area contributed by atoms with Crippen LogP contribution < -0.4 is 0 Å². The van der Waals surface area contributed by atoms with E-state index in [-0.39, 0.29) is 0 Å². The van der Waals surface area contributed by atoms with Gasteiger partial charge in [0.05, 0.1) is 24.4 Å². The molecule has 0 amide bonds. The number of nitrogens with zero attached hydrogens (tertiary/aromatic N) is 2. The lowest BCUT2D eigenvalue weighted by Gasteiger charge is -2.19. The van der Waals surface area contributed by atoms with Crippen LogP contribution in [0, 0.1) is 0 Å². The Balaban J connectivity index is 0.000000361. The molecule has 0 spiro atoms. The molecule has 4 heteroatoms. The van der Waals surface area contributed by atoms with Gasteiger partial charge in [0.25, 0.3) is 0 Å². The lowest BCUT2D eigenvalue weighted by molar-refractivity contribution is 0.00607. The minimum absolute atomic E-state index is 0.343. The average Bonchev–Trinajstić information content (AvgIpc) is 2.60. The van der Waals surface area contributed by atoms with E-state index >= 15 is 0 Å². The van der Waals surface area contributed by atoms with Gasteiger partial charge in [-0.1, -0.05) is 0 Å². The first-order valence-corrected chi connectivity index (χ1v) is 7.84. The molecule has 0 aromatic rings. The van der Waals surface area contributed by atoms with E-state index in [4.69, 9.17) is 9.47 Å². The molecule has 0 saturated carbocycles. The Morgan fingerprint density at radius 1 is 1.10 bits per heavy atom. The van der Waals surface area contributed by atoms with E-state index in [0.29, 0.717) is 24.4 Å². The van der Waals surface area contributed by atoms with Crippen molar-refractivity contribution in [3.63, 3.8) is 0 Å². The van der Waals surface area contributed by atoms with Crippen molar-refractivity contribution in [2.24, 2.45) is 0 Å². The maximum Gasteiger partial charge on any atom is 0.0717 e. The molecule has 0 N–H and O–H groups in total. The van der Waals surface area contributed by atoms with Gasteiger partial charge in [0.2, 0.25) is 0 Å². The summed E-state index contributed by atoms with van der Waals surface area (Å²) >= 11 is 0. The van der Waals surface area contributed by atoms with Crippen LogP contribution in [0.5, 0.6) is 0 Å². The van der Waals surface area contributed by atoms with Crippen LogP contribution in [0.2, 0.25) is 0 Å². The fourth-order valence-electron chi connectivity index (χ4n) is 2.41. The fraction of sp³-hybridized carbons (Fsp3) is 1.00. The predicted octanol–water partition coefficient (Wildman–Crippen LogP) is 2.48. The van der Waals surface area contributed by atoms with E-state index in [1.807, 2.05) is 0 Å². The van der Waals surface area contributed by atoms with Crippen molar-refractivity contribution < 1.29 is 9.47 Å². The summed E-state index contributed by atoms with van der Waals surface area (Å²) in [5, 5.41) is 0. The topological polar surface area (TPSA) is 24.9 Å². The highest BCUT2D eigenvalue weighted by molar-refractivity contribution is 4.73. The normalized spacial score (nSPS) is 21.4. The van der Waals surface area contributed by atoms with Gasteiger partial charge in [-0.15, -0.1) is 0 Å². The van der Waals surface area contributed by atoms with Crippen LogP contribution in [0.4, 0.5) is 0 Å². The van der Waals surface area contributed by atoms with Crippen molar-refractivity contribution in [1.29, 1.82) is 0 Å². The zero-order valence-corrected chi connectivity index (χ0v) is 14.8. The van der Waals surface area contributed by atoms with Crippen LogP contribution in [-0.2, 0) is 9.47 Å². The summed E-state index contributed by atoms with van der Waals surface area (Å²) in [5.41, 5.74) is 0. The zero-order chi connectivity index (χ0) is 15.7. The van der Waals surface area contributed by atoms with Crippen LogP contribution in [0.1, 0.15) is 41.0 Å². The molecule has 1 saturated heterocycles. The molecule has 4 nitrogen and oxygen atoms in total. The molecule has 0 radical (unpaired) electrons. The van der Waals surface area contributed by atoms with E-state index in [1.54, 1.807) is 0 Å². The molecule has 122 valence electrons. The van der Waals surface area contributed by atoms with Gasteiger partial charge in [-0.3, -0.25) is 0 Å². The summed E-state index contributed by atoms with van der Waals surface area (Å²) in [4.78, 5) is 4.44. The van der Waals surface area contributed by atoms with Crippen molar-refractivity contribution in [1.82, 2.24) is 9.80 Å². The molecule has 1 aliphatic rings. The lowest BCUT2D eigenvalue weighted by Crippen LogP contribution is -2.27. The summed E-state index contributed by atoms with van der Waals surface area (Å²) in [6, 6.07) is 0. The molecule has 1 heterocycles. The van der Waals surface area contributed by atoms with E-state index in [1.165, 1.54) is 13.0 Å². The first-order chi connectivity index (χ1) is 9.20. The quantitative estimate of drug-likeness (QED) is 0.749. The Kier molecular flexibility index (Phi) is 10.5. The highest BCUT2D eigenvalue weighted by Crippen LogP contribution is 2.11. The summed E-state index contributed by atoms with van der Waals surface area (Å²) < 4.78 is 11.2. The Labute approximate surface area is 126 Å². The van der Waals surface area contributed by atoms with E-state index in [9.17, 15) is 0 Å². The number of likely N-dealkylation sites (tertiary alicyclic amines) is 1. The summed E-state index contributed by atoms with van der Waals surface area (Å²) in [6.07, 6.45) is 2.76. The SMILES string of the molecule is CC(C)O[C@@H]1CCN(C)C1.CC(C)O[C@H](C)CN(C)C. The lowest BCUT2D eigenvalue weighted by atomic mass is 10.3. The van der Waals surface area contributed by atoms with E-state index in [0.717, 1.165) is 13.1 Å². The monoisotopic (exact) mass is 288 g/mol. The van der Waals surface area contributed by atoms with Gasteiger partial charge in [0.15, 0.2) is 0 Å². The smallest absolute Gasteiger partial charge is 0.0717 e. The largest absolute Gasteiger partial charge is 0.375 e. The Morgan fingerprint density at radius 3 is 2.05 bits per heavy atom. The third-order valence-electron chi connectivity index (χ3n) is 2.94. The van der Waals surface area contributed by atoms with Gasteiger partial charge >= 0.3 is 0 Å². The molecule has 2 atom stereocenters. The number of likely N-dealkylation sites (N-methyl/N-ethyl adjacent to an activating group) is 2. The van der Waals surface area contributed by atoms with Crippen molar-refractivity contribution in [2.75, 3.05) is 40.8 Å². The molecule has 1 aliphatic heterocycles. The molecule has 0 unspecified atom stereocenters. The molecular weight excluding hydrogens is 252 g/mol. The minimum Gasteiger partial charge on any atom is -0.375 e. The molecule has 1 fully saturated rings. The second kappa shape index (κ2) is 10.6. The highest BCUT2D eigenvalue weighted by Gasteiger charge is 2.20. The Hall–Kier alpha value is -0.160. The van der Waals surface area contributed by atoms with Crippen LogP contribution in [0.3, 0.4) is 0 Å². The van der Waals surface area contributed by atoms with Gasteiger partial charge in [-0.25, -0.2) is 0 Å². The van der Waals surface area contributed by atoms with Gasteiger partial charge in [-0.05, 0) is 62.2 Å². The number of hydrogen-bond acceptors (Lipinski definition) is 4. The van der Waals surface area contributed by atoms with E-state index < -0.39 is 0 Å². The Morgan fingerprint density at radius 2 is 1.70 bits per heavy atom. The predicted molar refractivity (Wildman–Crippen MR) is 86.4 cm³/mol. The van der Waals surface area contributed by atoms with Crippen LogP contribution in [0.15, 0.2) is 0 Å². The molecule has 1 rings (SSSR count). The van der Waals surface area contributed by atoms with Crippen molar-refractivity contribution in [2.45, 2.75) is 65.5 Å². The van der Waals surface area contributed by atoms with Gasteiger partial charge in [0, 0.05) is 19.6 Å². The maximum atomic E-state index is 5.64. The Bertz CT molecular complexity index is 223. The van der Waals surface area contributed by atoms with Gasteiger partial charge in [0.1, 0.15) is 0 Å². The fourth-order valence-corrected chi connectivity index (χ4v) is 2.41. The zero-order valence-electron chi connectivity index (χ0n) is 14.8. The van der Waals surface area contributed by atoms with Crippen molar-refractivity contribution >= 4 is 0 Å². The summed E-state index contributed by atoms with van der Waals surface area (Å²) in [7, 11) is 6.25. The van der Waals surface area contributed by atoms with Crippen LogP contribution >= 0.6 is 0 Å². The average molecular weight is 288 g/mol. The molecule has 0 aliphatic carbocycles. The summed E-state index contributed by atoms with van der Waals surface area (Å²) in [5.74, 6) is 0. The second-order valence-electron chi connectivity index (χ2n) is 6.62. The molecule has 20 heavy (non-hydrogen) atoms. The molecule has 0 aromatic heterocycles. The van der Waals surface area contributed by atoms with Crippen LogP contribution in [0.25, 0.3) is 0 Å². The third kappa shape index (κ3) is 11.6. The maximum absolute atomic E-state index is 5.64. The second-order valence-corrected chi connectivity index (χ2v) is 6.62. The number of ether oxygens (including phenoxy) is 2. The van der Waals surface area contributed by atoms with Crippen molar-refractivity contribution in [3.05, 3.63) is 0 Å². The van der Waals surface area contributed by atoms with Crippen molar-refractivity contribution in [3.8, 4) is 0 Å². The van der Waals surface area contributed by atoms with E-state index in [2.05, 4.69) is 65.6 Å². The number of rotatable bonds is 6.